The third-order valence-electron chi connectivity index (χ3n) is 4.09. The van der Waals surface area contributed by atoms with Crippen LogP contribution in [0.5, 0.6) is 0 Å². The van der Waals surface area contributed by atoms with Crippen molar-refractivity contribution < 1.29 is 0 Å². The van der Waals surface area contributed by atoms with Gasteiger partial charge in [0.15, 0.2) is 0 Å². The van der Waals surface area contributed by atoms with Gasteiger partial charge in [0.05, 0.1) is 5.03 Å². The van der Waals surface area contributed by atoms with Gasteiger partial charge in [0.1, 0.15) is 0 Å². The Hall–Kier alpha value is -0.540. The molecule has 19 heavy (non-hydrogen) atoms. The van der Waals surface area contributed by atoms with E-state index in [4.69, 9.17) is 0 Å². The van der Waals surface area contributed by atoms with Crippen LogP contribution in [0.3, 0.4) is 0 Å². The summed E-state index contributed by atoms with van der Waals surface area (Å²) in [6.45, 7) is 9.00. The number of aromatic nitrogens is 1. The maximum atomic E-state index is 4.69. The molecule has 0 spiro atoms. The van der Waals surface area contributed by atoms with Crippen molar-refractivity contribution in [3.8, 4) is 0 Å². The molecule has 1 aliphatic rings. The van der Waals surface area contributed by atoms with Crippen LogP contribution in [0, 0.1) is 25.7 Å². The van der Waals surface area contributed by atoms with Crippen LogP contribution in [0.4, 0.5) is 0 Å². The minimum absolute atomic E-state index is 0.603. The summed E-state index contributed by atoms with van der Waals surface area (Å²) < 4.78 is 0. The summed E-state index contributed by atoms with van der Waals surface area (Å²) in [6.07, 6.45) is 2.62. The van der Waals surface area contributed by atoms with E-state index < -0.39 is 0 Å². The molecule has 0 aromatic carbocycles. The van der Waals surface area contributed by atoms with Crippen molar-refractivity contribution in [2.24, 2.45) is 11.8 Å². The Morgan fingerprint density at radius 3 is 2.58 bits per heavy atom. The predicted octanol–water partition coefficient (Wildman–Crippen LogP) is 3.81. The van der Waals surface area contributed by atoms with Crippen LogP contribution in [0.25, 0.3) is 0 Å². The van der Waals surface area contributed by atoms with Gasteiger partial charge in [-0.25, -0.2) is 4.98 Å². The molecule has 3 heteroatoms. The summed E-state index contributed by atoms with van der Waals surface area (Å²) in [7, 11) is 2.10. The highest BCUT2D eigenvalue weighted by Crippen LogP contribution is 2.39. The first kappa shape index (κ1) is 14.9. The van der Waals surface area contributed by atoms with Crippen molar-refractivity contribution in [3.05, 3.63) is 23.4 Å². The molecule has 1 saturated carbocycles. The molecule has 0 amide bonds. The molecule has 1 heterocycles. The molecule has 2 nitrogen and oxygen atoms in total. The number of hydrogen-bond donors (Lipinski definition) is 1. The zero-order valence-electron chi connectivity index (χ0n) is 12.7. The van der Waals surface area contributed by atoms with Crippen LogP contribution in [0.15, 0.2) is 17.2 Å². The van der Waals surface area contributed by atoms with Crippen molar-refractivity contribution in [3.63, 3.8) is 0 Å². The molecule has 1 fully saturated rings. The summed E-state index contributed by atoms with van der Waals surface area (Å²) in [5.74, 6) is 1.57. The number of pyridine rings is 1. The topological polar surface area (TPSA) is 24.9 Å². The number of rotatable bonds is 3. The van der Waals surface area contributed by atoms with Gasteiger partial charge in [0, 0.05) is 17.0 Å². The Bertz CT molecular complexity index is 413. The zero-order valence-corrected chi connectivity index (χ0v) is 13.6. The number of hydrogen-bond acceptors (Lipinski definition) is 3. The van der Waals surface area contributed by atoms with Gasteiger partial charge >= 0.3 is 0 Å². The molecule has 106 valence electrons. The smallest absolute Gasteiger partial charge is 0.0969 e. The molecule has 1 N–H and O–H groups in total. The van der Waals surface area contributed by atoms with Gasteiger partial charge < -0.3 is 5.32 Å². The molecule has 1 aromatic heterocycles. The first-order valence-electron chi connectivity index (χ1n) is 7.28. The predicted molar refractivity (Wildman–Crippen MR) is 83.8 cm³/mol. The lowest BCUT2D eigenvalue weighted by Gasteiger charge is -2.39. The lowest BCUT2D eigenvalue weighted by molar-refractivity contribution is 0.257. The van der Waals surface area contributed by atoms with Gasteiger partial charge in [-0.15, -0.1) is 11.8 Å². The number of nitrogens with one attached hydrogen (secondary N) is 1. The number of nitrogens with zero attached hydrogens (tertiary/aromatic N) is 1. The lowest BCUT2D eigenvalue weighted by atomic mass is 9.80. The fourth-order valence-corrected chi connectivity index (χ4v) is 4.80. The van der Waals surface area contributed by atoms with E-state index in [0.29, 0.717) is 11.3 Å². The van der Waals surface area contributed by atoms with E-state index in [-0.39, 0.29) is 0 Å². The summed E-state index contributed by atoms with van der Waals surface area (Å²) in [5.41, 5.74) is 2.44. The molecular formula is C16H26N2S. The maximum Gasteiger partial charge on any atom is 0.0969 e. The van der Waals surface area contributed by atoms with Crippen LogP contribution in [0.1, 0.15) is 37.9 Å². The monoisotopic (exact) mass is 278 g/mol. The average molecular weight is 278 g/mol. The highest BCUT2D eigenvalue weighted by molar-refractivity contribution is 7.99. The van der Waals surface area contributed by atoms with Crippen LogP contribution in [-0.2, 0) is 0 Å². The van der Waals surface area contributed by atoms with Crippen molar-refractivity contribution in [1.82, 2.24) is 10.3 Å². The molecule has 4 atom stereocenters. The van der Waals surface area contributed by atoms with Gasteiger partial charge in [-0.1, -0.05) is 13.8 Å². The largest absolute Gasteiger partial charge is 0.316 e. The Labute approximate surface area is 121 Å². The summed E-state index contributed by atoms with van der Waals surface area (Å²) >= 11 is 1.96. The van der Waals surface area contributed by atoms with Crippen molar-refractivity contribution >= 4 is 11.8 Å². The van der Waals surface area contributed by atoms with Crippen LogP contribution in [0.2, 0.25) is 0 Å². The Kier molecular flexibility index (Phi) is 4.91. The van der Waals surface area contributed by atoms with E-state index in [1.54, 1.807) is 0 Å². The van der Waals surface area contributed by atoms with Crippen molar-refractivity contribution in [2.45, 2.75) is 56.9 Å². The highest BCUT2D eigenvalue weighted by Gasteiger charge is 2.34. The van der Waals surface area contributed by atoms with Crippen LogP contribution in [-0.4, -0.2) is 23.3 Å². The highest BCUT2D eigenvalue weighted by atomic mass is 32.2. The van der Waals surface area contributed by atoms with E-state index in [2.05, 4.69) is 57.2 Å². The van der Waals surface area contributed by atoms with Crippen molar-refractivity contribution in [1.29, 1.82) is 0 Å². The quantitative estimate of drug-likeness (QED) is 0.910. The number of aryl methyl sites for hydroxylation is 2. The summed E-state index contributed by atoms with van der Waals surface area (Å²) in [4.78, 5) is 4.69. The van der Waals surface area contributed by atoms with Gasteiger partial charge in [0.2, 0.25) is 0 Å². The normalized spacial score (nSPS) is 31.4. The Morgan fingerprint density at radius 2 is 1.95 bits per heavy atom. The third kappa shape index (κ3) is 3.73. The second kappa shape index (κ2) is 6.27. The molecule has 0 bridgehead atoms. The molecule has 0 aliphatic heterocycles. The lowest BCUT2D eigenvalue weighted by Crippen LogP contribution is -2.44. The van der Waals surface area contributed by atoms with Crippen LogP contribution >= 0.6 is 11.8 Å². The Balaban J connectivity index is 2.15. The first-order valence-corrected chi connectivity index (χ1v) is 8.16. The van der Waals surface area contributed by atoms with E-state index in [1.165, 1.54) is 23.4 Å². The zero-order chi connectivity index (χ0) is 14.0. The summed E-state index contributed by atoms with van der Waals surface area (Å²) in [6, 6.07) is 4.97. The minimum Gasteiger partial charge on any atom is -0.316 e. The molecule has 0 saturated heterocycles. The fraction of sp³-hybridized carbons (Fsp3) is 0.688. The standard InChI is InChI=1S/C16H26N2S/c1-10-6-12(3)16(14(8-10)17-5)19-15-9-11(2)7-13(4)18-15/h7,9-10,12,14,16-17H,6,8H2,1-5H3. The van der Waals surface area contributed by atoms with E-state index >= 15 is 0 Å². The fourth-order valence-electron chi connectivity index (χ4n) is 3.31. The van der Waals surface area contributed by atoms with Gasteiger partial charge in [-0.2, -0.15) is 0 Å². The van der Waals surface area contributed by atoms with Gasteiger partial charge in [-0.05, 0) is 63.3 Å². The molecule has 0 radical (unpaired) electrons. The summed E-state index contributed by atoms with van der Waals surface area (Å²) in [5, 5.41) is 5.33. The first-order chi connectivity index (χ1) is 8.99. The van der Waals surface area contributed by atoms with E-state index in [0.717, 1.165) is 17.5 Å². The van der Waals surface area contributed by atoms with Crippen LogP contribution < -0.4 is 5.32 Å². The minimum atomic E-state index is 0.603. The number of thioether (sulfide) groups is 1. The molecule has 1 aromatic rings. The molecule has 2 rings (SSSR count). The van der Waals surface area contributed by atoms with E-state index in [9.17, 15) is 0 Å². The second-order valence-electron chi connectivity index (χ2n) is 6.16. The third-order valence-corrected chi connectivity index (χ3v) is 5.61. The van der Waals surface area contributed by atoms with Gasteiger partial charge in [-0.3, -0.25) is 0 Å². The Morgan fingerprint density at radius 1 is 1.21 bits per heavy atom. The second-order valence-corrected chi connectivity index (χ2v) is 7.35. The molecule has 1 aliphatic carbocycles. The molecular weight excluding hydrogens is 252 g/mol. The van der Waals surface area contributed by atoms with Gasteiger partial charge in [0.25, 0.3) is 0 Å². The SMILES string of the molecule is CNC1CC(C)CC(C)C1Sc1cc(C)cc(C)n1. The average Bonchev–Trinajstić information content (AvgIpc) is 2.31. The van der Waals surface area contributed by atoms with E-state index in [1.807, 2.05) is 11.8 Å². The van der Waals surface area contributed by atoms with Crippen molar-refractivity contribution in [2.75, 3.05) is 7.05 Å². The maximum absolute atomic E-state index is 4.69. The molecule has 4 unspecified atom stereocenters.